The van der Waals surface area contributed by atoms with Crippen molar-refractivity contribution in [2.24, 2.45) is 5.92 Å². The summed E-state index contributed by atoms with van der Waals surface area (Å²) in [5.41, 5.74) is 0.430. The molecule has 1 N–H and O–H groups in total. The van der Waals surface area contributed by atoms with Crippen molar-refractivity contribution < 1.29 is 4.92 Å². The Bertz CT molecular complexity index is 409. The summed E-state index contributed by atoms with van der Waals surface area (Å²) in [6, 6.07) is 4.83. The van der Waals surface area contributed by atoms with E-state index in [2.05, 4.69) is 19.2 Å². The Labute approximate surface area is 106 Å². The van der Waals surface area contributed by atoms with Gasteiger partial charge >= 0.3 is 0 Å². The first-order valence-electron chi connectivity index (χ1n) is 5.66. The van der Waals surface area contributed by atoms with E-state index in [0.717, 1.165) is 6.42 Å². The number of nitro benzene ring substituents is 1. The summed E-state index contributed by atoms with van der Waals surface area (Å²) in [6.45, 7) is 6.19. The van der Waals surface area contributed by atoms with Crippen LogP contribution >= 0.6 is 11.6 Å². The van der Waals surface area contributed by atoms with Crippen LogP contribution in [-0.4, -0.2) is 11.0 Å². The predicted octanol–water partition coefficient (Wildman–Crippen LogP) is 4.09. The lowest BCUT2D eigenvalue weighted by molar-refractivity contribution is -0.384. The highest BCUT2D eigenvalue weighted by atomic mass is 35.5. The van der Waals surface area contributed by atoms with Crippen molar-refractivity contribution in [3.63, 3.8) is 0 Å². The minimum atomic E-state index is -0.419. The van der Waals surface area contributed by atoms with Gasteiger partial charge in [-0.25, -0.2) is 0 Å². The normalized spacial score (nSPS) is 14.1. The van der Waals surface area contributed by atoms with E-state index in [1.54, 1.807) is 12.1 Å². The molecule has 0 radical (unpaired) electrons. The zero-order chi connectivity index (χ0) is 13.0. The average molecular weight is 257 g/mol. The number of benzene rings is 1. The summed E-state index contributed by atoms with van der Waals surface area (Å²) in [4.78, 5) is 10.5. The van der Waals surface area contributed by atoms with Gasteiger partial charge in [0, 0.05) is 12.1 Å². The van der Waals surface area contributed by atoms with Crippen LogP contribution in [-0.2, 0) is 0 Å². The van der Waals surface area contributed by atoms with Crippen LogP contribution < -0.4 is 5.32 Å². The molecule has 0 saturated carbocycles. The van der Waals surface area contributed by atoms with Crippen LogP contribution in [0.2, 0.25) is 5.02 Å². The summed E-state index contributed by atoms with van der Waals surface area (Å²) in [5, 5.41) is 14.4. The van der Waals surface area contributed by atoms with Crippen molar-refractivity contribution in [1.82, 2.24) is 0 Å². The fourth-order valence-electron chi connectivity index (χ4n) is 1.53. The molecular formula is C12H17ClN2O2. The first-order chi connectivity index (χ1) is 7.97. The van der Waals surface area contributed by atoms with Crippen LogP contribution in [0.1, 0.15) is 27.2 Å². The molecule has 2 unspecified atom stereocenters. The molecule has 0 spiro atoms. The fourth-order valence-corrected chi connectivity index (χ4v) is 1.76. The molecule has 5 heteroatoms. The van der Waals surface area contributed by atoms with Crippen LogP contribution in [0.25, 0.3) is 0 Å². The predicted molar refractivity (Wildman–Crippen MR) is 70.6 cm³/mol. The quantitative estimate of drug-likeness (QED) is 0.638. The molecule has 1 aromatic rings. The summed E-state index contributed by atoms with van der Waals surface area (Å²) in [7, 11) is 0. The Hall–Kier alpha value is -1.29. The third kappa shape index (κ3) is 3.33. The summed E-state index contributed by atoms with van der Waals surface area (Å²) in [6.07, 6.45) is 1.01. The lowest BCUT2D eigenvalue weighted by Crippen LogP contribution is -2.23. The molecule has 2 atom stereocenters. The van der Waals surface area contributed by atoms with Gasteiger partial charge in [-0.05, 0) is 18.9 Å². The van der Waals surface area contributed by atoms with Crippen molar-refractivity contribution >= 4 is 23.0 Å². The molecule has 0 aliphatic carbocycles. The lowest BCUT2D eigenvalue weighted by atomic mass is 10.0. The van der Waals surface area contributed by atoms with Crippen LogP contribution in [0.5, 0.6) is 0 Å². The van der Waals surface area contributed by atoms with Crippen molar-refractivity contribution in [3.8, 4) is 0 Å². The second kappa shape index (κ2) is 5.87. The summed E-state index contributed by atoms with van der Waals surface area (Å²) < 4.78 is 0. The van der Waals surface area contributed by atoms with Gasteiger partial charge in [0.2, 0.25) is 0 Å². The number of hydrogen-bond acceptors (Lipinski definition) is 3. The molecule has 0 aliphatic heterocycles. The highest BCUT2D eigenvalue weighted by molar-refractivity contribution is 6.33. The Morgan fingerprint density at radius 2 is 2.12 bits per heavy atom. The minimum Gasteiger partial charge on any atom is -0.376 e. The number of rotatable bonds is 5. The molecule has 94 valence electrons. The minimum absolute atomic E-state index is 0.0210. The standard InChI is InChI=1S/C12H17ClN2O2/c1-4-8(2)9(3)14-12-10(13)6-5-7-11(12)15(16)17/h5-9,14H,4H2,1-3H3. The molecule has 0 bridgehead atoms. The van der Waals surface area contributed by atoms with Gasteiger partial charge in [0.15, 0.2) is 0 Å². The largest absolute Gasteiger partial charge is 0.376 e. The van der Waals surface area contributed by atoms with E-state index in [1.165, 1.54) is 6.07 Å². The second-order valence-corrected chi connectivity index (χ2v) is 4.62. The van der Waals surface area contributed by atoms with Crippen molar-refractivity contribution in [3.05, 3.63) is 33.3 Å². The number of nitrogens with zero attached hydrogens (tertiary/aromatic N) is 1. The number of para-hydroxylation sites is 1. The first-order valence-corrected chi connectivity index (χ1v) is 6.04. The number of nitro groups is 1. The number of anilines is 1. The van der Waals surface area contributed by atoms with Gasteiger partial charge in [-0.3, -0.25) is 10.1 Å². The van der Waals surface area contributed by atoms with Gasteiger partial charge in [0.05, 0.1) is 9.95 Å². The molecule has 17 heavy (non-hydrogen) atoms. The number of nitrogens with one attached hydrogen (secondary N) is 1. The van der Waals surface area contributed by atoms with E-state index in [0.29, 0.717) is 16.6 Å². The highest BCUT2D eigenvalue weighted by Crippen LogP contribution is 2.33. The van der Waals surface area contributed by atoms with Gasteiger partial charge in [-0.2, -0.15) is 0 Å². The van der Waals surface area contributed by atoms with E-state index < -0.39 is 4.92 Å². The molecule has 1 aromatic carbocycles. The van der Waals surface area contributed by atoms with Gasteiger partial charge in [0.1, 0.15) is 5.69 Å². The maximum Gasteiger partial charge on any atom is 0.293 e. The maximum atomic E-state index is 10.9. The maximum absolute atomic E-state index is 10.9. The van der Waals surface area contributed by atoms with E-state index in [1.807, 2.05) is 6.92 Å². The Morgan fingerprint density at radius 3 is 2.65 bits per heavy atom. The molecule has 0 fully saturated rings. The molecule has 4 nitrogen and oxygen atoms in total. The molecule has 0 aliphatic rings. The highest BCUT2D eigenvalue weighted by Gasteiger charge is 2.19. The zero-order valence-electron chi connectivity index (χ0n) is 10.2. The first kappa shape index (κ1) is 13.8. The van der Waals surface area contributed by atoms with Crippen LogP contribution in [0.3, 0.4) is 0 Å². The smallest absolute Gasteiger partial charge is 0.293 e. The third-order valence-corrected chi connectivity index (χ3v) is 3.37. The van der Waals surface area contributed by atoms with E-state index >= 15 is 0 Å². The van der Waals surface area contributed by atoms with Crippen molar-refractivity contribution in [2.75, 3.05) is 5.32 Å². The van der Waals surface area contributed by atoms with Gasteiger partial charge in [-0.15, -0.1) is 0 Å². The summed E-state index contributed by atoms with van der Waals surface area (Å²) >= 11 is 6.00. The van der Waals surface area contributed by atoms with Crippen LogP contribution in [0, 0.1) is 16.0 Å². The van der Waals surface area contributed by atoms with Crippen molar-refractivity contribution in [1.29, 1.82) is 0 Å². The Morgan fingerprint density at radius 1 is 1.47 bits per heavy atom. The molecular weight excluding hydrogens is 240 g/mol. The van der Waals surface area contributed by atoms with Gasteiger partial charge < -0.3 is 5.32 Å². The number of halogens is 1. The fraction of sp³-hybridized carbons (Fsp3) is 0.500. The molecule has 0 heterocycles. The third-order valence-electron chi connectivity index (χ3n) is 3.06. The van der Waals surface area contributed by atoms with E-state index in [-0.39, 0.29) is 11.7 Å². The average Bonchev–Trinajstić information content (AvgIpc) is 2.30. The molecule has 0 saturated heterocycles. The Kier molecular flexibility index (Phi) is 4.75. The SMILES string of the molecule is CCC(C)C(C)Nc1c(Cl)cccc1[N+](=O)[O-]. The topological polar surface area (TPSA) is 55.2 Å². The van der Waals surface area contributed by atoms with Gasteiger partial charge in [0.25, 0.3) is 5.69 Å². The molecule has 0 aromatic heterocycles. The second-order valence-electron chi connectivity index (χ2n) is 4.21. The molecule has 0 amide bonds. The van der Waals surface area contributed by atoms with E-state index in [4.69, 9.17) is 11.6 Å². The van der Waals surface area contributed by atoms with Crippen LogP contribution in [0.15, 0.2) is 18.2 Å². The van der Waals surface area contributed by atoms with E-state index in [9.17, 15) is 10.1 Å². The van der Waals surface area contributed by atoms with Crippen molar-refractivity contribution in [2.45, 2.75) is 33.2 Å². The number of hydrogen-bond donors (Lipinski definition) is 1. The zero-order valence-corrected chi connectivity index (χ0v) is 11.0. The van der Waals surface area contributed by atoms with Crippen LogP contribution in [0.4, 0.5) is 11.4 Å². The van der Waals surface area contributed by atoms with Gasteiger partial charge in [-0.1, -0.05) is 37.9 Å². The monoisotopic (exact) mass is 256 g/mol. The summed E-state index contributed by atoms with van der Waals surface area (Å²) in [5.74, 6) is 0.422. The molecule has 1 rings (SSSR count). The lowest BCUT2D eigenvalue weighted by Gasteiger charge is -2.21. The Balaban J connectivity index is 3.00.